The molecule has 0 N–H and O–H groups in total. The first-order chi connectivity index (χ1) is 17.4. The highest BCUT2D eigenvalue weighted by Crippen LogP contribution is 2.61. The van der Waals surface area contributed by atoms with Gasteiger partial charge in [-0.15, -0.1) is 0 Å². The van der Waals surface area contributed by atoms with Crippen molar-refractivity contribution in [3.8, 4) is 11.8 Å². The van der Waals surface area contributed by atoms with E-state index in [9.17, 15) is 9.59 Å². The molecule has 196 valence electrons. The van der Waals surface area contributed by atoms with Crippen LogP contribution < -0.4 is 9.64 Å². The summed E-state index contributed by atoms with van der Waals surface area (Å²) in [5.74, 6) is 1.50. The summed E-state index contributed by atoms with van der Waals surface area (Å²) >= 11 is 6.21. The van der Waals surface area contributed by atoms with Gasteiger partial charge in [0.25, 0.3) is 0 Å². The molecule has 8 heteroatoms. The normalized spacial score (nSPS) is 22.6. The largest absolute Gasteiger partial charge is 0.489 e. The van der Waals surface area contributed by atoms with Gasteiger partial charge in [-0.1, -0.05) is 39.3 Å². The lowest BCUT2D eigenvalue weighted by atomic mass is 9.44. The minimum Gasteiger partial charge on any atom is -0.489 e. The van der Waals surface area contributed by atoms with Crippen LogP contribution >= 0.6 is 11.6 Å². The van der Waals surface area contributed by atoms with Crippen molar-refractivity contribution in [2.75, 3.05) is 18.0 Å². The van der Waals surface area contributed by atoms with Crippen molar-refractivity contribution in [2.24, 2.45) is 22.7 Å². The zero-order valence-corrected chi connectivity index (χ0v) is 23.2. The van der Waals surface area contributed by atoms with E-state index in [-0.39, 0.29) is 34.6 Å². The van der Waals surface area contributed by atoms with Crippen LogP contribution in [0, 0.1) is 47.8 Å². The van der Waals surface area contributed by atoms with Crippen LogP contribution in [-0.4, -0.2) is 41.2 Å². The predicted octanol–water partition coefficient (Wildman–Crippen LogP) is 5.74. The van der Waals surface area contributed by atoms with E-state index in [1.807, 2.05) is 13.8 Å². The van der Waals surface area contributed by atoms with Crippen LogP contribution in [0.5, 0.6) is 5.75 Å². The van der Waals surface area contributed by atoms with Gasteiger partial charge in [0.2, 0.25) is 5.95 Å². The fourth-order valence-corrected chi connectivity index (χ4v) is 6.79. The van der Waals surface area contributed by atoms with Gasteiger partial charge in [0.1, 0.15) is 24.2 Å². The van der Waals surface area contributed by atoms with Gasteiger partial charge >= 0.3 is 0 Å². The number of aromatic nitrogens is 2. The summed E-state index contributed by atoms with van der Waals surface area (Å²) in [5.41, 5.74) is 1.88. The average molecular weight is 523 g/mol. The molecule has 0 bridgehead atoms. The number of hydrogen-bond donors (Lipinski definition) is 0. The number of rotatable bonds is 7. The quantitative estimate of drug-likeness (QED) is 0.338. The van der Waals surface area contributed by atoms with Crippen LogP contribution in [0.4, 0.5) is 5.95 Å². The highest BCUT2D eigenvalue weighted by Gasteiger charge is 2.63. The van der Waals surface area contributed by atoms with Crippen molar-refractivity contribution < 1.29 is 14.3 Å². The van der Waals surface area contributed by atoms with E-state index in [1.165, 1.54) is 0 Å². The number of aldehydes is 1. The minimum atomic E-state index is -0.259. The third-order valence-electron chi connectivity index (χ3n) is 8.40. The summed E-state index contributed by atoms with van der Waals surface area (Å²) in [7, 11) is 0. The molecule has 0 radical (unpaired) electrons. The number of Topliss-reactive ketones (excluding diaryl/α,β-unsaturated/α-hetero) is 1. The molecule has 1 aromatic carbocycles. The predicted molar refractivity (Wildman–Crippen MR) is 143 cm³/mol. The molecule has 2 aromatic rings. The number of carbonyl (C=O) groups excluding carboxylic acids is 2. The molecule has 7 nitrogen and oxygen atoms in total. The maximum atomic E-state index is 13.6. The number of nitriles is 1. The van der Waals surface area contributed by atoms with Gasteiger partial charge in [0, 0.05) is 42.3 Å². The number of hydrogen-bond acceptors (Lipinski definition) is 7. The van der Waals surface area contributed by atoms with Gasteiger partial charge in [0.05, 0.1) is 27.5 Å². The monoisotopic (exact) mass is 522 g/mol. The second kappa shape index (κ2) is 10.1. The lowest BCUT2D eigenvalue weighted by molar-refractivity contribution is -0.196. The van der Waals surface area contributed by atoms with Crippen molar-refractivity contribution in [1.82, 2.24) is 9.97 Å². The number of anilines is 1. The van der Waals surface area contributed by atoms with Crippen LogP contribution in [0.15, 0.2) is 18.2 Å². The Morgan fingerprint density at radius 3 is 2.27 bits per heavy atom. The van der Waals surface area contributed by atoms with Gasteiger partial charge in [-0.3, -0.25) is 4.79 Å². The van der Waals surface area contributed by atoms with Crippen molar-refractivity contribution in [3.63, 3.8) is 0 Å². The molecule has 1 saturated carbocycles. The smallest absolute Gasteiger partial charge is 0.225 e. The molecule has 0 atom stereocenters. The first-order valence-corrected chi connectivity index (χ1v) is 13.2. The third kappa shape index (κ3) is 4.96. The van der Waals surface area contributed by atoms with Gasteiger partial charge in [-0.25, -0.2) is 9.97 Å². The lowest BCUT2D eigenvalue weighted by Gasteiger charge is -2.63. The zero-order chi connectivity index (χ0) is 27.1. The van der Waals surface area contributed by atoms with Gasteiger partial charge in [-0.05, 0) is 44.7 Å². The van der Waals surface area contributed by atoms with Crippen LogP contribution in [0.25, 0.3) is 0 Å². The van der Waals surface area contributed by atoms with Gasteiger partial charge in [-0.2, -0.15) is 5.26 Å². The maximum Gasteiger partial charge on any atom is 0.225 e. The van der Waals surface area contributed by atoms with Crippen molar-refractivity contribution in [1.29, 1.82) is 5.26 Å². The van der Waals surface area contributed by atoms with E-state index in [0.717, 1.165) is 32.2 Å². The molecule has 0 unspecified atom stereocenters. The number of ether oxygens (including phenoxy) is 1. The summed E-state index contributed by atoms with van der Waals surface area (Å²) in [6.07, 6.45) is 2.89. The molecule has 1 aromatic heterocycles. The summed E-state index contributed by atoms with van der Waals surface area (Å²) < 4.78 is 6.37. The molecule has 0 amide bonds. The Hall–Kier alpha value is -2.98. The van der Waals surface area contributed by atoms with E-state index in [1.54, 1.807) is 18.2 Å². The molecule has 2 heterocycles. The molecular weight excluding hydrogens is 488 g/mol. The third-order valence-corrected chi connectivity index (χ3v) is 8.72. The van der Waals surface area contributed by atoms with E-state index < -0.39 is 0 Å². The first kappa shape index (κ1) is 27.1. The van der Waals surface area contributed by atoms with Gasteiger partial charge in [0.15, 0.2) is 5.78 Å². The average Bonchev–Trinajstić information content (AvgIpc) is 2.85. The molecular formula is C29H35ClN4O3. The van der Waals surface area contributed by atoms with E-state index >= 15 is 0 Å². The Morgan fingerprint density at radius 1 is 1.16 bits per heavy atom. The summed E-state index contributed by atoms with van der Waals surface area (Å²) in [6.45, 7) is 13.8. The molecule has 0 spiro atoms. The SMILES string of the molecule is Cc1nc(N2CCC(C=O)CC2)nc(C)c1C(=O)CC1C(C)(C)C(Oc2ccc(C#N)c(Cl)c2)C1(C)C. The number of ketones is 1. The highest BCUT2D eigenvalue weighted by molar-refractivity contribution is 6.31. The molecule has 2 fully saturated rings. The molecule has 1 aliphatic carbocycles. The van der Waals surface area contributed by atoms with Crippen LogP contribution in [0.3, 0.4) is 0 Å². The lowest BCUT2D eigenvalue weighted by Crippen LogP contribution is -2.66. The summed E-state index contributed by atoms with van der Waals surface area (Å²) in [5, 5.41) is 9.50. The molecule has 1 saturated heterocycles. The fourth-order valence-electron chi connectivity index (χ4n) is 6.58. The Morgan fingerprint density at radius 2 is 1.76 bits per heavy atom. The molecule has 2 aliphatic rings. The van der Waals surface area contributed by atoms with Gasteiger partial charge < -0.3 is 14.4 Å². The zero-order valence-electron chi connectivity index (χ0n) is 22.5. The van der Waals surface area contributed by atoms with Crippen LogP contribution in [-0.2, 0) is 4.79 Å². The number of carbonyl (C=O) groups is 2. The van der Waals surface area contributed by atoms with Crippen molar-refractivity contribution in [2.45, 2.75) is 66.9 Å². The number of benzene rings is 1. The fraction of sp³-hybridized carbons (Fsp3) is 0.552. The summed E-state index contributed by atoms with van der Waals surface area (Å²) in [6, 6.07) is 7.17. The Labute approximate surface area is 224 Å². The van der Waals surface area contributed by atoms with E-state index in [4.69, 9.17) is 31.6 Å². The van der Waals surface area contributed by atoms with Crippen LogP contribution in [0.2, 0.25) is 5.02 Å². The van der Waals surface area contributed by atoms with Crippen molar-refractivity contribution >= 4 is 29.6 Å². The number of halogens is 1. The Balaban J connectivity index is 1.49. The second-order valence-corrected chi connectivity index (χ2v) is 12.0. The maximum absolute atomic E-state index is 13.6. The van der Waals surface area contributed by atoms with E-state index in [2.05, 4.69) is 38.7 Å². The number of nitrogens with zero attached hydrogens (tertiary/aromatic N) is 4. The van der Waals surface area contributed by atoms with Crippen molar-refractivity contribution in [3.05, 3.63) is 45.7 Å². The standard InChI is InChI=1S/C29H35ClN4O3/c1-17-25(18(2)33-27(32-17)34-11-9-19(16-35)10-12-34)23(36)14-24-28(3,4)26(29(24,5)6)37-21-8-7-20(15-31)22(30)13-21/h7-8,13,16,19,24,26H,9-12,14H2,1-6H3. The topological polar surface area (TPSA) is 96.2 Å². The van der Waals surface area contributed by atoms with E-state index in [0.29, 0.717) is 45.7 Å². The first-order valence-electron chi connectivity index (χ1n) is 12.8. The number of piperidine rings is 1. The Kier molecular flexibility index (Phi) is 7.36. The Bertz CT molecular complexity index is 1220. The summed E-state index contributed by atoms with van der Waals surface area (Å²) in [4.78, 5) is 36.2. The minimum absolute atomic E-state index is 0.0484. The van der Waals surface area contributed by atoms with Crippen LogP contribution in [0.1, 0.15) is 74.3 Å². The highest BCUT2D eigenvalue weighted by atomic mass is 35.5. The molecule has 4 rings (SSSR count). The second-order valence-electron chi connectivity index (χ2n) is 11.6. The molecule has 1 aliphatic heterocycles. The molecule has 37 heavy (non-hydrogen) atoms. The number of aryl methyl sites for hydroxylation is 2.